The molecule has 0 saturated carbocycles. The van der Waals surface area contributed by atoms with Gasteiger partial charge in [-0.3, -0.25) is 4.57 Å². The molecule has 1 aliphatic heterocycles. The summed E-state index contributed by atoms with van der Waals surface area (Å²) < 4.78 is 13.0. The Morgan fingerprint density at radius 2 is 1.88 bits per heavy atom. The molecule has 1 saturated heterocycles. The molecule has 33 heavy (non-hydrogen) atoms. The van der Waals surface area contributed by atoms with Gasteiger partial charge in [0.05, 0.1) is 19.8 Å². The molecule has 2 aromatic heterocycles. The minimum absolute atomic E-state index is 0.375. The molecule has 0 radical (unpaired) electrons. The molecule has 9 heteroatoms. The lowest BCUT2D eigenvalue weighted by Crippen LogP contribution is -2.38. The van der Waals surface area contributed by atoms with Gasteiger partial charge < -0.3 is 14.1 Å². The Labute approximate surface area is 200 Å². The number of aromatic nitrogens is 3. The molecule has 0 spiro atoms. The van der Waals surface area contributed by atoms with E-state index in [-0.39, 0.29) is 5.63 Å². The first-order valence-corrected chi connectivity index (χ1v) is 12.1. The molecule has 3 heterocycles. The van der Waals surface area contributed by atoms with Crippen LogP contribution in [0, 0.1) is 6.92 Å². The van der Waals surface area contributed by atoms with Gasteiger partial charge in [-0.1, -0.05) is 53.7 Å². The number of benzene rings is 2. The first-order chi connectivity index (χ1) is 16.1. The summed E-state index contributed by atoms with van der Waals surface area (Å²) in [6.07, 6.45) is 0. The van der Waals surface area contributed by atoms with Gasteiger partial charge in [0, 0.05) is 35.3 Å². The first kappa shape index (κ1) is 22.0. The molecule has 7 nitrogen and oxygen atoms in total. The van der Waals surface area contributed by atoms with Gasteiger partial charge in [-0.2, -0.15) is 0 Å². The van der Waals surface area contributed by atoms with Crippen molar-refractivity contribution in [3.8, 4) is 0 Å². The second-order valence-corrected chi connectivity index (χ2v) is 9.28. The molecule has 0 bridgehead atoms. The highest BCUT2D eigenvalue weighted by Gasteiger charge is 2.21. The molecule has 0 amide bonds. The maximum absolute atomic E-state index is 12.2. The Bertz CT molecular complexity index is 1330. The maximum Gasteiger partial charge on any atom is 0.336 e. The largest absolute Gasteiger partial charge is 0.423 e. The quantitative estimate of drug-likeness (QED) is 0.295. The summed E-state index contributed by atoms with van der Waals surface area (Å²) in [7, 11) is 0. The van der Waals surface area contributed by atoms with Crippen LogP contribution in [0.3, 0.4) is 0 Å². The lowest BCUT2D eigenvalue weighted by atomic mass is 10.1. The fraction of sp³-hybridized carbons (Fsp3) is 0.292. The van der Waals surface area contributed by atoms with E-state index in [1.165, 1.54) is 11.6 Å². The lowest BCUT2D eigenvalue weighted by Gasteiger charge is -2.28. The minimum atomic E-state index is -0.375. The number of thioether (sulfide) groups is 1. The summed E-state index contributed by atoms with van der Waals surface area (Å²) in [6, 6.07) is 15.5. The monoisotopic (exact) mass is 482 g/mol. The van der Waals surface area contributed by atoms with Crippen LogP contribution in [0.2, 0.25) is 5.02 Å². The first-order valence-electron chi connectivity index (χ1n) is 10.7. The molecule has 5 rings (SSSR count). The second-order valence-electron chi connectivity index (χ2n) is 7.93. The number of hydrogen-bond acceptors (Lipinski definition) is 7. The second kappa shape index (κ2) is 9.59. The molecular formula is C24H23ClN4O3S. The van der Waals surface area contributed by atoms with E-state index in [9.17, 15) is 4.79 Å². The van der Waals surface area contributed by atoms with E-state index in [4.69, 9.17) is 20.8 Å². The topological polar surface area (TPSA) is 73.4 Å². The number of morpholine rings is 1. The number of aryl methyl sites for hydroxylation is 1. The number of anilines is 1. The van der Waals surface area contributed by atoms with E-state index < -0.39 is 0 Å². The van der Waals surface area contributed by atoms with Crippen molar-refractivity contribution in [2.75, 3.05) is 31.2 Å². The Hall–Kier alpha value is -2.81. The zero-order valence-corrected chi connectivity index (χ0v) is 19.7. The molecule has 2 aromatic carbocycles. The predicted molar refractivity (Wildman–Crippen MR) is 130 cm³/mol. The normalized spacial score (nSPS) is 14.2. The molecular weight excluding hydrogens is 460 g/mol. The van der Waals surface area contributed by atoms with Crippen LogP contribution in [0.1, 0.15) is 16.7 Å². The number of fused-ring (bicyclic) bond motifs is 1. The van der Waals surface area contributed by atoms with Gasteiger partial charge in [-0.25, -0.2) is 4.79 Å². The van der Waals surface area contributed by atoms with E-state index in [2.05, 4.69) is 31.8 Å². The zero-order chi connectivity index (χ0) is 22.8. The van der Waals surface area contributed by atoms with Crippen molar-refractivity contribution in [3.05, 3.63) is 80.7 Å². The van der Waals surface area contributed by atoms with Crippen LogP contribution in [0.15, 0.2) is 62.9 Å². The predicted octanol–water partition coefficient (Wildman–Crippen LogP) is 4.52. The number of ether oxygens (including phenoxy) is 1. The maximum atomic E-state index is 12.2. The number of nitrogens with zero attached hydrogens (tertiary/aromatic N) is 4. The van der Waals surface area contributed by atoms with Crippen LogP contribution < -0.4 is 10.5 Å². The summed E-state index contributed by atoms with van der Waals surface area (Å²) >= 11 is 7.90. The Morgan fingerprint density at radius 1 is 1.09 bits per heavy atom. The highest BCUT2D eigenvalue weighted by Crippen LogP contribution is 2.31. The molecule has 0 atom stereocenters. The van der Waals surface area contributed by atoms with Gasteiger partial charge >= 0.3 is 5.63 Å². The number of hydrogen-bond donors (Lipinski definition) is 0. The summed E-state index contributed by atoms with van der Waals surface area (Å²) in [5, 5.41) is 11.3. The fourth-order valence-electron chi connectivity index (χ4n) is 3.90. The van der Waals surface area contributed by atoms with Gasteiger partial charge in [0.15, 0.2) is 5.16 Å². The summed E-state index contributed by atoms with van der Waals surface area (Å²) in [6.45, 7) is 5.45. The summed E-state index contributed by atoms with van der Waals surface area (Å²) in [5.41, 5.74) is 3.06. The van der Waals surface area contributed by atoms with Gasteiger partial charge in [0.2, 0.25) is 5.95 Å². The van der Waals surface area contributed by atoms with Gasteiger partial charge in [-0.05, 0) is 35.7 Å². The van der Waals surface area contributed by atoms with Crippen molar-refractivity contribution < 1.29 is 9.15 Å². The van der Waals surface area contributed by atoms with Crippen molar-refractivity contribution in [1.82, 2.24) is 14.8 Å². The Balaban J connectivity index is 1.48. The molecule has 170 valence electrons. The standard InChI is InChI=1S/C24H23ClN4O3S/c1-16-11-21-19(13-20(16)25)18(12-22(30)32-21)15-33-24-27-26-23(28-7-9-31-10-8-28)29(24)14-17-5-3-2-4-6-17/h2-6,11-13H,7-10,14-15H2,1H3. The van der Waals surface area contributed by atoms with Gasteiger partial charge in [0.1, 0.15) is 5.58 Å². The molecule has 0 N–H and O–H groups in total. The summed E-state index contributed by atoms with van der Waals surface area (Å²) in [5.74, 6) is 1.37. The van der Waals surface area contributed by atoms with E-state index in [0.717, 1.165) is 40.7 Å². The van der Waals surface area contributed by atoms with Gasteiger partial charge in [-0.15, -0.1) is 10.2 Å². The van der Waals surface area contributed by atoms with E-state index in [1.54, 1.807) is 11.8 Å². The van der Waals surface area contributed by atoms with Crippen LogP contribution >= 0.6 is 23.4 Å². The van der Waals surface area contributed by atoms with Crippen LogP contribution in [-0.2, 0) is 17.0 Å². The van der Waals surface area contributed by atoms with E-state index in [1.807, 2.05) is 37.3 Å². The van der Waals surface area contributed by atoms with Crippen LogP contribution in [0.4, 0.5) is 5.95 Å². The number of rotatable bonds is 6. The molecule has 0 aliphatic carbocycles. The minimum Gasteiger partial charge on any atom is -0.423 e. The van der Waals surface area contributed by atoms with Gasteiger partial charge in [0.25, 0.3) is 0 Å². The highest BCUT2D eigenvalue weighted by molar-refractivity contribution is 7.98. The molecule has 1 aliphatic rings. The molecule has 0 unspecified atom stereocenters. The van der Waals surface area contributed by atoms with Crippen molar-refractivity contribution >= 4 is 40.3 Å². The average molecular weight is 483 g/mol. The summed E-state index contributed by atoms with van der Waals surface area (Å²) in [4.78, 5) is 14.4. The average Bonchev–Trinajstić information content (AvgIpc) is 3.22. The highest BCUT2D eigenvalue weighted by atomic mass is 35.5. The van der Waals surface area contributed by atoms with Crippen LogP contribution in [0.25, 0.3) is 11.0 Å². The fourth-order valence-corrected chi connectivity index (χ4v) is 4.99. The van der Waals surface area contributed by atoms with Crippen molar-refractivity contribution in [2.45, 2.75) is 24.4 Å². The Morgan fingerprint density at radius 3 is 2.67 bits per heavy atom. The van der Waals surface area contributed by atoms with Crippen molar-refractivity contribution in [3.63, 3.8) is 0 Å². The van der Waals surface area contributed by atoms with Crippen LogP contribution in [-0.4, -0.2) is 41.1 Å². The van der Waals surface area contributed by atoms with E-state index in [0.29, 0.717) is 36.1 Å². The molecule has 4 aromatic rings. The van der Waals surface area contributed by atoms with Crippen molar-refractivity contribution in [2.24, 2.45) is 0 Å². The van der Waals surface area contributed by atoms with Crippen molar-refractivity contribution in [1.29, 1.82) is 0 Å². The number of halogens is 1. The molecule has 1 fully saturated rings. The van der Waals surface area contributed by atoms with Crippen LogP contribution in [0.5, 0.6) is 0 Å². The zero-order valence-electron chi connectivity index (χ0n) is 18.2. The smallest absolute Gasteiger partial charge is 0.336 e. The lowest BCUT2D eigenvalue weighted by molar-refractivity contribution is 0.121. The van der Waals surface area contributed by atoms with E-state index >= 15 is 0 Å². The SMILES string of the molecule is Cc1cc2oc(=O)cc(CSc3nnc(N4CCOCC4)n3Cc3ccccc3)c2cc1Cl. The Kier molecular flexibility index (Phi) is 6.39. The third kappa shape index (κ3) is 4.78. The third-order valence-corrected chi connectivity index (χ3v) is 7.06. The third-order valence-electron chi connectivity index (χ3n) is 5.64.